The molecule has 0 unspecified atom stereocenters. The number of fused-ring (bicyclic) bond motifs is 1. The number of imidazole rings is 1. The molecule has 1 saturated carbocycles. The quantitative estimate of drug-likeness (QED) is 0.656. The predicted molar refractivity (Wildman–Crippen MR) is 104 cm³/mol. The number of carbonyl (C=O) groups excluding carboxylic acids is 1. The Bertz CT molecular complexity index is 1050. The molecule has 0 radical (unpaired) electrons. The minimum atomic E-state index is 0.183. The van der Waals surface area contributed by atoms with Gasteiger partial charge in [-0.25, -0.2) is 14.5 Å². The lowest BCUT2D eigenvalue weighted by Gasteiger charge is -2.10. The average molecular weight is 379 g/mol. The number of hydrogen-bond donors (Lipinski definition) is 0. The van der Waals surface area contributed by atoms with E-state index in [1.165, 1.54) is 12.8 Å². The van der Waals surface area contributed by atoms with E-state index >= 15 is 0 Å². The molecule has 1 aliphatic carbocycles. The first-order valence-corrected chi connectivity index (χ1v) is 10.1. The molecule has 0 aromatic carbocycles. The van der Waals surface area contributed by atoms with Crippen LogP contribution >= 0.6 is 0 Å². The predicted octanol–water partition coefficient (Wildman–Crippen LogP) is 2.26. The number of nitrogens with zero attached hydrogens (tertiary/aromatic N) is 7. The molecule has 2 aliphatic rings. The molecule has 0 atom stereocenters. The molecule has 28 heavy (non-hydrogen) atoms. The maximum Gasteiger partial charge on any atom is 0.228 e. The third kappa shape index (κ3) is 3.16. The smallest absolute Gasteiger partial charge is 0.228 e. The highest BCUT2D eigenvalue weighted by Gasteiger charge is 2.27. The van der Waals surface area contributed by atoms with E-state index < -0.39 is 0 Å². The van der Waals surface area contributed by atoms with E-state index in [9.17, 15) is 4.79 Å². The first-order chi connectivity index (χ1) is 13.6. The summed E-state index contributed by atoms with van der Waals surface area (Å²) in [6, 6.07) is 0. The first kappa shape index (κ1) is 17.3. The molecule has 3 aromatic heterocycles. The first-order valence-electron chi connectivity index (χ1n) is 10.1. The molecule has 1 saturated heterocycles. The van der Waals surface area contributed by atoms with Crippen molar-refractivity contribution in [2.75, 3.05) is 11.4 Å². The van der Waals surface area contributed by atoms with Gasteiger partial charge in [-0.05, 0) is 39.0 Å². The molecule has 3 aromatic rings. The summed E-state index contributed by atoms with van der Waals surface area (Å²) in [7, 11) is 0. The van der Waals surface area contributed by atoms with Crippen molar-refractivity contribution in [3.05, 3.63) is 35.4 Å². The van der Waals surface area contributed by atoms with Crippen molar-refractivity contribution in [1.29, 1.82) is 0 Å². The summed E-state index contributed by atoms with van der Waals surface area (Å²) < 4.78 is 4.11. The fourth-order valence-corrected chi connectivity index (χ4v) is 3.83. The SMILES string of the molecule is Cc1ncc2nc(CCc3nc(N4CCCC4=O)cn3CC3CC3)nn2c1C. The Hall–Kier alpha value is -2.77. The lowest BCUT2D eigenvalue weighted by molar-refractivity contribution is -0.117. The van der Waals surface area contributed by atoms with Crippen molar-refractivity contribution in [1.82, 2.24) is 29.1 Å². The van der Waals surface area contributed by atoms with Gasteiger partial charge in [0.15, 0.2) is 17.3 Å². The van der Waals surface area contributed by atoms with E-state index in [1.807, 2.05) is 23.3 Å². The number of hydrogen-bond acceptors (Lipinski definition) is 5. The van der Waals surface area contributed by atoms with Crippen LogP contribution in [0.2, 0.25) is 0 Å². The average Bonchev–Trinajstić information content (AvgIpc) is 3.05. The van der Waals surface area contributed by atoms with Crippen LogP contribution in [0.1, 0.15) is 48.7 Å². The van der Waals surface area contributed by atoms with Crippen molar-refractivity contribution in [3.63, 3.8) is 0 Å². The Balaban J connectivity index is 1.38. The van der Waals surface area contributed by atoms with Crippen LogP contribution in [0.4, 0.5) is 5.82 Å². The van der Waals surface area contributed by atoms with Crippen LogP contribution in [0.15, 0.2) is 12.4 Å². The van der Waals surface area contributed by atoms with Crippen LogP contribution in [-0.4, -0.2) is 41.6 Å². The molecule has 0 N–H and O–H groups in total. The minimum Gasteiger partial charge on any atom is -0.332 e. The number of aryl methyl sites for hydroxylation is 4. The molecule has 8 heteroatoms. The van der Waals surface area contributed by atoms with Gasteiger partial charge in [-0.1, -0.05) is 0 Å². The van der Waals surface area contributed by atoms with E-state index in [1.54, 1.807) is 6.20 Å². The van der Waals surface area contributed by atoms with Gasteiger partial charge in [0.2, 0.25) is 5.91 Å². The fourth-order valence-electron chi connectivity index (χ4n) is 3.83. The Morgan fingerprint density at radius 2 is 2.04 bits per heavy atom. The number of amides is 1. The summed E-state index contributed by atoms with van der Waals surface area (Å²) in [6.45, 7) is 5.75. The third-order valence-corrected chi connectivity index (χ3v) is 5.81. The van der Waals surface area contributed by atoms with Crippen molar-refractivity contribution in [2.45, 2.75) is 58.9 Å². The highest BCUT2D eigenvalue weighted by molar-refractivity contribution is 5.94. The maximum atomic E-state index is 12.1. The summed E-state index contributed by atoms with van der Waals surface area (Å²) in [6.07, 6.45) is 9.43. The molecule has 8 nitrogen and oxygen atoms in total. The minimum absolute atomic E-state index is 0.183. The molecular weight excluding hydrogens is 354 g/mol. The topological polar surface area (TPSA) is 81.2 Å². The summed E-state index contributed by atoms with van der Waals surface area (Å²) in [5.41, 5.74) is 2.76. The Labute approximate surface area is 163 Å². The van der Waals surface area contributed by atoms with Crippen molar-refractivity contribution in [2.24, 2.45) is 5.92 Å². The zero-order valence-electron chi connectivity index (χ0n) is 16.4. The van der Waals surface area contributed by atoms with Crippen LogP contribution in [0.25, 0.3) is 5.65 Å². The van der Waals surface area contributed by atoms with Gasteiger partial charge < -0.3 is 4.57 Å². The third-order valence-electron chi connectivity index (χ3n) is 5.81. The van der Waals surface area contributed by atoms with Crippen molar-refractivity contribution in [3.8, 4) is 0 Å². The van der Waals surface area contributed by atoms with Gasteiger partial charge in [-0.15, -0.1) is 0 Å². The normalized spacial score (nSPS) is 17.2. The Kier molecular flexibility index (Phi) is 4.14. The summed E-state index contributed by atoms with van der Waals surface area (Å²) in [5, 5.41) is 4.65. The zero-order valence-corrected chi connectivity index (χ0v) is 16.4. The summed E-state index contributed by atoms with van der Waals surface area (Å²) in [4.78, 5) is 27.7. The fraction of sp³-hybridized carbons (Fsp3) is 0.550. The molecule has 1 amide bonds. The molecule has 5 rings (SSSR count). The standard InChI is InChI=1S/C20H25N7O/c1-13-14(2)27-18(10-21-13)22-16(24-27)7-8-17-23-19(26-9-3-4-20(26)28)12-25(17)11-15-5-6-15/h10,12,15H,3-9,11H2,1-2H3. The molecule has 1 aliphatic heterocycles. The van der Waals surface area contributed by atoms with E-state index in [0.717, 1.165) is 72.8 Å². The van der Waals surface area contributed by atoms with E-state index in [2.05, 4.69) is 25.8 Å². The van der Waals surface area contributed by atoms with Crippen LogP contribution < -0.4 is 4.90 Å². The second-order valence-electron chi connectivity index (χ2n) is 7.99. The molecule has 0 bridgehead atoms. The van der Waals surface area contributed by atoms with Crippen LogP contribution in [0.3, 0.4) is 0 Å². The molecule has 146 valence electrons. The number of carbonyl (C=O) groups is 1. The zero-order chi connectivity index (χ0) is 19.3. The second-order valence-corrected chi connectivity index (χ2v) is 7.99. The number of aromatic nitrogens is 6. The van der Waals surface area contributed by atoms with Crippen LogP contribution in [0.5, 0.6) is 0 Å². The van der Waals surface area contributed by atoms with Crippen LogP contribution in [-0.2, 0) is 24.2 Å². The summed E-state index contributed by atoms with van der Waals surface area (Å²) >= 11 is 0. The number of rotatable bonds is 6. The molecular formula is C20H25N7O. The highest BCUT2D eigenvalue weighted by atomic mass is 16.2. The molecule has 4 heterocycles. The van der Waals surface area contributed by atoms with Gasteiger partial charge in [0.25, 0.3) is 0 Å². The lowest BCUT2D eigenvalue weighted by Crippen LogP contribution is -2.24. The van der Waals surface area contributed by atoms with Crippen molar-refractivity contribution < 1.29 is 4.79 Å². The number of anilines is 1. The second kappa shape index (κ2) is 6.68. The Morgan fingerprint density at radius 3 is 2.79 bits per heavy atom. The van der Waals surface area contributed by atoms with E-state index in [0.29, 0.717) is 6.42 Å². The van der Waals surface area contributed by atoms with Gasteiger partial charge in [0.1, 0.15) is 5.82 Å². The largest absolute Gasteiger partial charge is 0.332 e. The summed E-state index contributed by atoms with van der Waals surface area (Å²) in [5.74, 6) is 3.56. The van der Waals surface area contributed by atoms with Crippen LogP contribution in [0, 0.1) is 19.8 Å². The lowest BCUT2D eigenvalue weighted by atomic mass is 10.3. The van der Waals surface area contributed by atoms with Gasteiger partial charge in [0.05, 0.1) is 17.6 Å². The van der Waals surface area contributed by atoms with E-state index in [-0.39, 0.29) is 5.91 Å². The monoisotopic (exact) mass is 379 g/mol. The van der Waals surface area contributed by atoms with Crippen molar-refractivity contribution >= 4 is 17.4 Å². The van der Waals surface area contributed by atoms with Gasteiger partial charge in [-0.3, -0.25) is 14.7 Å². The molecule has 2 fully saturated rings. The Morgan fingerprint density at radius 1 is 1.18 bits per heavy atom. The van der Waals surface area contributed by atoms with Gasteiger partial charge in [0, 0.05) is 38.5 Å². The maximum absolute atomic E-state index is 12.1. The highest BCUT2D eigenvalue weighted by Crippen LogP contribution is 2.32. The van der Waals surface area contributed by atoms with Gasteiger partial charge >= 0.3 is 0 Å². The molecule has 0 spiro atoms. The van der Waals surface area contributed by atoms with Gasteiger partial charge in [-0.2, -0.15) is 5.10 Å². The van der Waals surface area contributed by atoms with E-state index in [4.69, 9.17) is 4.98 Å².